The van der Waals surface area contributed by atoms with E-state index in [1.165, 1.54) is 6.08 Å². The standard InChI is InChI=1S/C24H22ClN3O3S/c1-16-26-18(15-32-16)14-31-20-5-2-4-17(12-20)7-10-23(29)27-22-13-19(8-9-21(22)25)28-11-3-6-24(28)30/h2,4-5,7-10,12-13,15H,3,6,11,14H2,1H3,(H,27,29)/b10-7+. The molecule has 0 unspecified atom stereocenters. The van der Waals surface area contributed by atoms with Gasteiger partial charge in [0.2, 0.25) is 11.8 Å². The Hall–Kier alpha value is -3.16. The van der Waals surface area contributed by atoms with Gasteiger partial charge in [-0.15, -0.1) is 11.3 Å². The number of aromatic nitrogens is 1. The smallest absolute Gasteiger partial charge is 0.248 e. The van der Waals surface area contributed by atoms with Crippen LogP contribution in [0.1, 0.15) is 29.1 Å². The summed E-state index contributed by atoms with van der Waals surface area (Å²) in [5.41, 5.74) is 2.92. The Balaban J connectivity index is 1.39. The molecule has 1 saturated heterocycles. The van der Waals surface area contributed by atoms with Crippen LogP contribution in [0.3, 0.4) is 0 Å². The highest BCUT2D eigenvalue weighted by Gasteiger charge is 2.22. The first kappa shape index (κ1) is 22.0. The molecule has 1 fully saturated rings. The number of carbonyl (C=O) groups excluding carboxylic acids is 2. The average molecular weight is 468 g/mol. The molecule has 2 amide bonds. The van der Waals surface area contributed by atoms with Crippen LogP contribution in [0.2, 0.25) is 5.02 Å². The molecule has 8 heteroatoms. The van der Waals surface area contributed by atoms with Gasteiger partial charge in [-0.3, -0.25) is 9.59 Å². The third kappa shape index (κ3) is 5.55. The monoisotopic (exact) mass is 467 g/mol. The second-order valence-electron chi connectivity index (χ2n) is 7.35. The van der Waals surface area contributed by atoms with Gasteiger partial charge < -0.3 is 15.0 Å². The summed E-state index contributed by atoms with van der Waals surface area (Å²) in [6.45, 7) is 3.03. The summed E-state index contributed by atoms with van der Waals surface area (Å²) in [6.07, 6.45) is 4.52. The molecule has 32 heavy (non-hydrogen) atoms. The minimum atomic E-state index is -0.318. The van der Waals surface area contributed by atoms with E-state index in [0.29, 0.717) is 36.0 Å². The molecular weight excluding hydrogens is 446 g/mol. The number of aryl methyl sites for hydroxylation is 1. The van der Waals surface area contributed by atoms with Crippen LogP contribution in [0.25, 0.3) is 6.08 Å². The predicted octanol–water partition coefficient (Wildman–Crippen LogP) is 5.46. The fourth-order valence-corrected chi connectivity index (χ4v) is 4.15. The lowest BCUT2D eigenvalue weighted by Gasteiger charge is -2.17. The molecule has 0 aliphatic carbocycles. The zero-order chi connectivity index (χ0) is 22.5. The van der Waals surface area contributed by atoms with Crippen LogP contribution in [0.5, 0.6) is 5.75 Å². The van der Waals surface area contributed by atoms with Crippen molar-refractivity contribution in [3.63, 3.8) is 0 Å². The number of benzene rings is 2. The maximum absolute atomic E-state index is 12.5. The Morgan fingerprint density at radius 2 is 2.19 bits per heavy atom. The van der Waals surface area contributed by atoms with Crippen molar-refractivity contribution < 1.29 is 14.3 Å². The molecular formula is C24H22ClN3O3S. The van der Waals surface area contributed by atoms with Crippen molar-refractivity contribution in [2.75, 3.05) is 16.8 Å². The van der Waals surface area contributed by atoms with Gasteiger partial charge in [-0.05, 0) is 55.3 Å². The molecule has 2 heterocycles. The molecule has 0 saturated carbocycles. The lowest BCUT2D eigenvalue weighted by Crippen LogP contribution is -2.23. The maximum Gasteiger partial charge on any atom is 0.248 e. The molecule has 1 N–H and O–H groups in total. The normalized spacial score (nSPS) is 13.7. The quantitative estimate of drug-likeness (QED) is 0.468. The lowest BCUT2D eigenvalue weighted by molar-refractivity contribution is -0.117. The van der Waals surface area contributed by atoms with Gasteiger partial charge in [0.1, 0.15) is 12.4 Å². The number of anilines is 2. The second-order valence-corrected chi connectivity index (χ2v) is 8.82. The van der Waals surface area contributed by atoms with E-state index in [4.69, 9.17) is 16.3 Å². The second kappa shape index (κ2) is 9.97. The van der Waals surface area contributed by atoms with Crippen molar-refractivity contribution in [2.45, 2.75) is 26.4 Å². The summed E-state index contributed by atoms with van der Waals surface area (Å²) >= 11 is 7.83. The lowest BCUT2D eigenvalue weighted by atomic mass is 10.2. The number of nitrogens with one attached hydrogen (secondary N) is 1. The van der Waals surface area contributed by atoms with Gasteiger partial charge in [-0.1, -0.05) is 23.7 Å². The molecule has 2 aromatic carbocycles. The fourth-order valence-electron chi connectivity index (χ4n) is 3.38. The van der Waals surface area contributed by atoms with Gasteiger partial charge in [0.25, 0.3) is 0 Å². The minimum Gasteiger partial charge on any atom is -0.487 e. The molecule has 1 aromatic heterocycles. The van der Waals surface area contributed by atoms with Crippen molar-refractivity contribution in [2.24, 2.45) is 0 Å². The van der Waals surface area contributed by atoms with E-state index in [0.717, 1.165) is 28.4 Å². The summed E-state index contributed by atoms with van der Waals surface area (Å²) < 4.78 is 5.79. The van der Waals surface area contributed by atoms with Gasteiger partial charge in [-0.25, -0.2) is 4.98 Å². The van der Waals surface area contributed by atoms with Gasteiger partial charge in [0.05, 0.1) is 21.4 Å². The van der Waals surface area contributed by atoms with Crippen molar-refractivity contribution >= 4 is 52.2 Å². The fraction of sp³-hybridized carbons (Fsp3) is 0.208. The van der Waals surface area contributed by atoms with E-state index in [2.05, 4.69) is 10.3 Å². The number of rotatable bonds is 7. The number of halogens is 1. The molecule has 6 nitrogen and oxygen atoms in total. The van der Waals surface area contributed by atoms with Gasteiger partial charge in [-0.2, -0.15) is 0 Å². The highest BCUT2D eigenvalue weighted by atomic mass is 35.5. The largest absolute Gasteiger partial charge is 0.487 e. The Labute approximate surface area is 195 Å². The van der Waals surface area contributed by atoms with E-state index < -0.39 is 0 Å². The SMILES string of the molecule is Cc1nc(COc2cccc(/C=C/C(=O)Nc3cc(N4CCCC4=O)ccc3Cl)c2)cs1. The van der Waals surface area contributed by atoms with Gasteiger partial charge in [0, 0.05) is 30.1 Å². The Morgan fingerprint density at radius 3 is 2.94 bits per heavy atom. The molecule has 0 radical (unpaired) electrons. The molecule has 0 bridgehead atoms. The number of hydrogen-bond donors (Lipinski definition) is 1. The highest BCUT2D eigenvalue weighted by molar-refractivity contribution is 7.09. The summed E-state index contributed by atoms with van der Waals surface area (Å²) in [5.74, 6) is 0.460. The molecule has 1 aliphatic heterocycles. The summed E-state index contributed by atoms with van der Waals surface area (Å²) in [7, 11) is 0. The predicted molar refractivity (Wildman–Crippen MR) is 128 cm³/mol. The van der Waals surface area contributed by atoms with Gasteiger partial charge >= 0.3 is 0 Å². The van der Waals surface area contributed by atoms with Crippen molar-refractivity contribution in [3.05, 3.63) is 75.2 Å². The van der Waals surface area contributed by atoms with E-state index in [1.54, 1.807) is 40.5 Å². The first-order chi connectivity index (χ1) is 15.5. The number of thiazole rings is 1. The van der Waals surface area contributed by atoms with Gasteiger partial charge in [0.15, 0.2) is 0 Å². The number of amides is 2. The van der Waals surface area contributed by atoms with Crippen LogP contribution in [0, 0.1) is 6.92 Å². The zero-order valence-corrected chi connectivity index (χ0v) is 19.1. The molecule has 0 atom stereocenters. The van der Waals surface area contributed by atoms with Crippen LogP contribution in [-0.4, -0.2) is 23.3 Å². The number of nitrogens with zero attached hydrogens (tertiary/aromatic N) is 2. The van der Waals surface area contributed by atoms with Crippen LogP contribution in [0.4, 0.5) is 11.4 Å². The van der Waals surface area contributed by atoms with Crippen LogP contribution < -0.4 is 15.0 Å². The molecule has 4 rings (SSSR count). The van der Waals surface area contributed by atoms with Crippen molar-refractivity contribution in [1.29, 1.82) is 0 Å². The van der Waals surface area contributed by atoms with E-state index in [1.807, 2.05) is 36.6 Å². The van der Waals surface area contributed by atoms with Crippen molar-refractivity contribution in [3.8, 4) is 5.75 Å². The zero-order valence-electron chi connectivity index (χ0n) is 17.5. The molecule has 0 spiro atoms. The first-order valence-corrected chi connectivity index (χ1v) is 11.5. The average Bonchev–Trinajstić information content (AvgIpc) is 3.40. The Kier molecular flexibility index (Phi) is 6.87. The van der Waals surface area contributed by atoms with Crippen LogP contribution in [0.15, 0.2) is 53.9 Å². The molecule has 164 valence electrons. The van der Waals surface area contributed by atoms with Crippen molar-refractivity contribution in [1.82, 2.24) is 4.98 Å². The number of carbonyl (C=O) groups is 2. The number of ether oxygens (including phenoxy) is 1. The van der Waals surface area contributed by atoms with Crippen LogP contribution >= 0.6 is 22.9 Å². The maximum atomic E-state index is 12.5. The summed E-state index contributed by atoms with van der Waals surface area (Å²) in [4.78, 5) is 30.5. The summed E-state index contributed by atoms with van der Waals surface area (Å²) in [5, 5.41) is 6.18. The Morgan fingerprint density at radius 1 is 1.31 bits per heavy atom. The van der Waals surface area contributed by atoms with Crippen LogP contribution in [-0.2, 0) is 16.2 Å². The van der Waals surface area contributed by atoms with E-state index in [9.17, 15) is 9.59 Å². The Bertz CT molecular complexity index is 1170. The first-order valence-electron chi connectivity index (χ1n) is 10.2. The highest BCUT2D eigenvalue weighted by Crippen LogP contribution is 2.30. The molecule has 3 aromatic rings. The topological polar surface area (TPSA) is 71.5 Å². The van der Waals surface area contributed by atoms with E-state index >= 15 is 0 Å². The number of hydrogen-bond acceptors (Lipinski definition) is 5. The summed E-state index contributed by atoms with van der Waals surface area (Å²) in [6, 6.07) is 12.7. The third-order valence-electron chi connectivity index (χ3n) is 4.93. The third-order valence-corrected chi connectivity index (χ3v) is 6.08. The molecule has 1 aliphatic rings. The van der Waals surface area contributed by atoms with E-state index in [-0.39, 0.29) is 11.8 Å². The minimum absolute atomic E-state index is 0.0801.